The third-order valence-electron chi connectivity index (χ3n) is 4.17. The first kappa shape index (κ1) is 14.5. The normalized spacial score (nSPS) is 31.3. The van der Waals surface area contributed by atoms with Gasteiger partial charge >= 0.3 is 0 Å². The molecule has 0 bridgehead atoms. The first-order chi connectivity index (χ1) is 9.25. The van der Waals surface area contributed by atoms with Gasteiger partial charge in [-0.2, -0.15) is 0 Å². The number of ether oxygens (including phenoxy) is 2. The van der Waals surface area contributed by atoms with Crippen LogP contribution in [0.5, 0.6) is 0 Å². The number of hydrogen-bond acceptors (Lipinski definition) is 2. The Balaban J connectivity index is 2.22. The third-order valence-corrected chi connectivity index (χ3v) is 4.17. The fraction of sp³-hybridized carbons (Fsp3) is 0.647. The Kier molecular flexibility index (Phi) is 5.00. The number of hydrogen-bond donors (Lipinski definition) is 0. The van der Waals surface area contributed by atoms with E-state index in [2.05, 4.69) is 45.0 Å². The molecule has 2 rings (SSSR count). The van der Waals surface area contributed by atoms with Gasteiger partial charge in [0, 0.05) is 17.9 Å². The molecule has 0 saturated carbocycles. The lowest BCUT2D eigenvalue weighted by Crippen LogP contribution is -2.46. The maximum absolute atomic E-state index is 6.43. The van der Waals surface area contributed by atoms with Crippen molar-refractivity contribution in [3.05, 3.63) is 35.9 Å². The van der Waals surface area contributed by atoms with Crippen molar-refractivity contribution >= 4 is 0 Å². The Morgan fingerprint density at radius 1 is 1.16 bits per heavy atom. The smallest absolute Gasteiger partial charge is 0.194 e. The molecule has 0 aromatic heterocycles. The summed E-state index contributed by atoms with van der Waals surface area (Å²) in [7, 11) is 0. The van der Waals surface area contributed by atoms with Crippen molar-refractivity contribution in [1.29, 1.82) is 0 Å². The van der Waals surface area contributed by atoms with E-state index < -0.39 is 5.79 Å². The molecule has 0 spiro atoms. The van der Waals surface area contributed by atoms with Crippen LogP contribution in [0, 0.1) is 5.92 Å². The van der Waals surface area contributed by atoms with Gasteiger partial charge < -0.3 is 9.47 Å². The van der Waals surface area contributed by atoms with Crippen molar-refractivity contribution in [2.24, 2.45) is 5.92 Å². The largest absolute Gasteiger partial charge is 0.345 e. The highest BCUT2D eigenvalue weighted by Gasteiger charge is 2.41. The van der Waals surface area contributed by atoms with Crippen molar-refractivity contribution < 1.29 is 9.47 Å². The van der Waals surface area contributed by atoms with E-state index in [1.807, 2.05) is 6.07 Å². The van der Waals surface area contributed by atoms with Crippen molar-refractivity contribution in [3.8, 4) is 0 Å². The van der Waals surface area contributed by atoms with Gasteiger partial charge in [-0.05, 0) is 12.8 Å². The van der Waals surface area contributed by atoms with Gasteiger partial charge in [-0.25, -0.2) is 0 Å². The van der Waals surface area contributed by atoms with Crippen LogP contribution in [-0.2, 0) is 15.3 Å². The first-order valence-corrected chi connectivity index (χ1v) is 7.63. The molecule has 1 heterocycles. The fourth-order valence-corrected chi connectivity index (χ4v) is 2.92. The van der Waals surface area contributed by atoms with Crippen LogP contribution in [-0.4, -0.2) is 12.7 Å². The Hall–Kier alpha value is -0.860. The van der Waals surface area contributed by atoms with Gasteiger partial charge in [-0.3, -0.25) is 0 Å². The minimum atomic E-state index is -0.535. The summed E-state index contributed by atoms with van der Waals surface area (Å²) in [4.78, 5) is 0. The molecule has 0 aliphatic carbocycles. The molecule has 3 atom stereocenters. The minimum Gasteiger partial charge on any atom is -0.345 e. The molecule has 1 aliphatic heterocycles. The standard InChI is InChI=1S/C17H26O2/c1-4-10-16-14(5-2)13-18-17(6-3,19-16)15-11-8-7-9-12-15/h7-9,11-12,14,16H,4-6,10,13H2,1-3H3/t14-,16-,17-/m1/s1. The van der Waals surface area contributed by atoms with Crippen molar-refractivity contribution in [3.63, 3.8) is 0 Å². The molecule has 1 saturated heterocycles. The van der Waals surface area contributed by atoms with Crippen LogP contribution >= 0.6 is 0 Å². The van der Waals surface area contributed by atoms with E-state index in [9.17, 15) is 0 Å². The molecule has 0 amide bonds. The van der Waals surface area contributed by atoms with Crippen LogP contribution in [0.4, 0.5) is 0 Å². The summed E-state index contributed by atoms with van der Waals surface area (Å²) >= 11 is 0. The summed E-state index contributed by atoms with van der Waals surface area (Å²) in [6.45, 7) is 7.40. The van der Waals surface area contributed by atoms with E-state index in [4.69, 9.17) is 9.47 Å². The Morgan fingerprint density at radius 3 is 2.47 bits per heavy atom. The van der Waals surface area contributed by atoms with Crippen molar-refractivity contribution in [2.45, 2.75) is 58.3 Å². The average molecular weight is 262 g/mol. The van der Waals surface area contributed by atoms with Crippen LogP contribution in [0.15, 0.2) is 30.3 Å². The van der Waals surface area contributed by atoms with Gasteiger partial charge in [0.25, 0.3) is 0 Å². The predicted molar refractivity (Wildman–Crippen MR) is 77.9 cm³/mol. The second-order valence-electron chi connectivity index (χ2n) is 5.40. The zero-order valence-corrected chi connectivity index (χ0v) is 12.4. The molecule has 106 valence electrons. The number of rotatable bonds is 5. The maximum Gasteiger partial charge on any atom is 0.194 e. The van der Waals surface area contributed by atoms with Crippen LogP contribution in [0.1, 0.15) is 52.0 Å². The third kappa shape index (κ3) is 3.01. The fourth-order valence-electron chi connectivity index (χ4n) is 2.92. The molecule has 0 radical (unpaired) electrons. The van der Waals surface area contributed by atoms with Gasteiger partial charge in [0.1, 0.15) is 0 Å². The van der Waals surface area contributed by atoms with Crippen LogP contribution < -0.4 is 0 Å². The van der Waals surface area contributed by atoms with Gasteiger partial charge in [-0.1, -0.05) is 57.5 Å². The summed E-state index contributed by atoms with van der Waals surface area (Å²) in [5.41, 5.74) is 1.15. The van der Waals surface area contributed by atoms with Gasteiger partial charge in [-0.15, -0.1) is 0 Å². The van der Waals surface area contributed by atoms with E-state index in [0.717, 1.165) is 37.9 Å². The maximum atomic E-state index is 6.43. The summed E-state index contributed by atoms with van der Waals surface area (Å²) in [5.74, 6) is -0.00409. The SMILES string of the molecule is CCC[C@H]1O[C@](CC)(c2ccccc2)OC[C@H]1CC. The lowest BCUT2D eigenvalue weighted by molar-refractivity contribution is -0.323. The lowest BCUT2D eigenvalue weighted by Gasteiger charge is -2.44. The molecular formula is C17H26O2. The highest BCUT2D eigenvalue weighted by atomic mass is 16.7. The Bertz CT molecular complexity index is 376. The Labute approximate surface area is 117 Å². The molecule has 1 aromatic rings. The predicted octanol–water partition coefficient (Wildman–Crippen LogP) is 4.49. The van der Waals surface area contributed by atoms with Crippen molar-refractivity contribution in [1.82, 2.24) is 0 Å². The molecule has 0 unspecified atom stereocenters. The van der Waals surface area contributed by atoms with E-state index in [1.165, 1.54) is 0 Å². The molecule has 2 nitrogen and oxygen atoms in total. The summed E-state index contributed by atoms with van der Waals surface area (Å²) in [6.07, 6.45) is 4.59. The average Bonchev–Trinajstić information content (AvgIpc) is 2.48. The van der Waals surface area contributed by atoms with Gasteiger partial charge in [0.15, 0.2) is 5.79 Å². The molecule has 1 aliphatic rings. The molecular weight excluding hydrogens is 236 g/mol. The second-order valence-corrected chi connectivity index (χ2v) is 5.40. The summed E-state index contributed by atoms with van der Waals surface area (Å²) in [5, 5.41) is 0. The van der Waals surface area contributed by atoms with E-state index in [0.29, 0.717) is 12.0 Å². The zero-order valence-electron chi connectivity index (χ0n) is 12.4. The van der Waals surface area contributed by atoms with E-state index in [-0.39, 0.29) is 0 Å². The highest BCUT2D eigenvalue weighted by Crippen LogP contribution is 2.39. The topological polar surface area (TPSA) is 18.5 Å². The Morgan fingerprint density at radius 2 is 1.89 bits per heavy atom. The number of benzene rings is 1. The molecule has 2 heteroatoms. The van der Waals surface area contributed by atoms with Crippen LogP contribution in [0.25, 0.3) is 0 Å². The molecule has 1 fully saturated rings. The van der Waals surface area contributed by atoms with E-state index >= 15 is 0 Å². The summed E-state index contributed by atoms with van der Waals surface area (Å²) < 4.78 is 12.6. The van der Waals surface area contributed by atoms with Crippen molar-refractivity contribution in [2.75, 3.05) is 6.61 Å². The van der Waals surface area contributed by atoms with E-state index in [1.54, 1.807) is 0 Å². The first-order valence-electron chi connectivity index (χ1n) is 7.63. The van der Waals surface area contributed by atoms with Gasteiger partial charge in [0.05, 0.1) is 12.7 Å². The quantitative estimate of drug-likeness (QED) is 0.778. The molecule has 1 aromatic carbocycles. The second kappa shape index (κ2) is 6.53. The van der Waals surface area contributed by atoms with Gasteiger partial charge in [0.2, 0.25) is 0 Å². The van der Waals surface area contributed by atoms with Crippen LogP contribution in [0.2, 0.25) is 0 Å². The molecule has 19 heavy (non-hydrogen) atoms. The highest BCUT2D eigenvalue weighted by molar-refractivity contribution is 5.20. The zero-order chi connectivity index (χ0) is 13.7. The lowest BCUT2D eigenvalue weighted by atomic mass is 9.92. The van der Waals surface area contributed by atoms with Crippen LogP contribution in [0.3, 0.4) is 0 Å². The minimum absolute atomic E-state index is 0.323. The summed E-state index contributed by atoms with van der Waals surface area (Å²) in [6, 6.07) is 10.4. The molecule has 0 N–H and O–H groups in total. The monoisotopic (exact) mass is 262 g/mol.